The van der Waals surface area contributed by atoms with Crippen molar-refractivity contribution in [2.45, 2.75) is 19.3 Å². The Morgan fingerprint density at radius 2 is 2.18 bits per heavy atom. The molecule has 1 heterocycles. The second kappa shape index (κ2) is 8.06. The van der Waals surface area contributed by atoms with Gasteiger partial charge < -0.3 is 15.8 Å². The van der Waals surface area contributed by atoms with E-state index >= 15 is 0 Å². The summed E-state index contributed by atoms with van der Waals surface area (Å²) in [6.07, 6.45) is 5.83. The Labute approximate surface area is 107 Å². The van der Waals surface area contributed by atoms with Crippen molar-refractivity contribution in [1.82, 2.24) is 4.98 Å². The molecule has 0 spiro atoms. The van der Waals surface area contributed by atoms with Crippen LogP contribution in [0.3, 0.4) is 0 Å². The van der Waals surface area contributed by atoms with Crippen molar-refractivity contribution in [3.8, 4) is 5.88 Å². The monoisotopic (exact) mass is 255 g/mol. The number of unbranched alkanes of at least 4 members (excludes halogenated alkanes) is 2. The third-order valence-corrected chi connectivity index (χ3v) is 3.11. The molecule has 0 atom stereocenters. The van der Waals surface area contributed by atoms with Gasteiger partial charge >= 0.3 is 0 Å². The van der Waals surface area contributed by atoms with Crippen LogP contribution >= 0.6 is 11.8 Å². The number of methoxy groups -OCH3 is 1. The van der Waals surface area contributed by atoms with Gasteiger partial charge in [0, 0.05) is 6.54 Å². The Bertz CT molecular complexity index is 334. The Balaban J connectivity index is 2.27. The molecule has 96 valence electrons. The zero-order chi connectivity index (χ0) is 12.5. The number of pyridine rings is 1. The fourth-order valence-electron chi connectivity index (χ4n) is 1.48. The summed E-state index contributed by atoms with van der Waals surface area (Å²) in [6, 6.07) is 3.68. The van der Waals surface area contributed by atoms with Crippen molar-refractivity contribution in [1.29, 1.82) is 0 Å². The van der Waals surface area contributed by atoms with Gasteiger partial charge in [-0.2, -0.15) is 16.7 Å². The molecule has 4 nitrogen and oxygen atoms in total. The number of anilines is 2. The molecule has 0 aromatic carbocycles. The van der Waals surface area contributed by atoms with Crippen molar-refractivity contribution < 1.29 is 4.74 Å². The van der Waals surface area contributed by atoms with Crippen LogP contribution in [0.15, 0.2) is 12.1 Å². The SMILES string of the molecule is COc1nc(NCCCCCSC)ccc1N. The van der Waals surface area contributed by atoms with Crippen LogP contribution in [0, 0.1) is 0 Å². The Hall–Kier alpha value is -1.10. The molecule has 0 aliphatic carbocycles. The molecular weight excluding hydrogens is 234 g/mol. The minimum atomic E-state index is 0.484. The van der Waals surface area contributed by atoms with Crippen molar-refractivity contribution >= 4 is 23.3 Å². The maximum atomic E-state index is 5.69. The van der Waals surface area contributed by atoms with Gasteiger partial charge in [-0.15, -0.1) is 0 Å². The quantitative estimate of drug-likeness (QED) is 0.699. The zero-order valence-corrected chi connectivity index (χ0v) is 11.3. The molecule has 0 saturated carbocycles. The smallest absolute Gasteiger partial charge is 0.238 e. The minimum Gasteiger partial charge on any atom is -0.479 e. The molecule has 5 heteroatoms. The fraction of sp³-hybridized carbons (Fsp3) is 0.583. The predicted octanol–water partition coefficient (Wildman–Crippen LogP) is 2.62. The van der Waals surface area contributed by atoms with E-state index in [0.717, 1.165) is 18.8 Å². The van der Waals surface area contributed by atoms with Gasteiger partial charge in [-0.05, 0) is 37.0 Å². The fourth-order valence-corrected chi connectivity index (χ4v) is 1.97. The number of ether oxygens (including phenoxy) is 1. The average molecular weight is 255 g/mol. The normalized spacial score (nSPS) is 10.2. The molecule has 0 amide bonds. The van der Waals surface area contributed by atoms with E-state index in [1.54, 1.807) is 7.11 Å². The van der Waals surface area contributed by atoms with E-state index in [1.165, 1.54) is 18.6 Å². The maximum Gasteiger partial charge on any atom is 0.238 e. The molecule has 0 aliphatic rings. The summed E-state index contributed by atoms with van der Waals surface area (Å²) < 4.78 is 5.07. The molecule has 3 N–H and O–H groups in total. The van der Waals surface area contributed by atoms with Crippen molar-refractivity contribution in [3.05, 3.63) is 12.1 Å². The number of nitrogens with two attached hydrogens (primary N) is 1. The first kappa shape index (κ1) is 14.0. The Kier molecular flexibility index (Phi) is 6.62. The number of nitrogens with one attached hydrogen (secondary N) is 1. The molecule has 1 aromatic heterocycles. The number of hydrogen-bond donors (Lipinski definition) is 2. The summed E-state index contributed by atoms with van der Waals surface area (Å²) in [5, 5.41) is 3.27. The van der Waals surface area contributed by atoms with E-state index in [0.29, 0.717) is 11.6 Å². The lowest BCUT2D eigenvalue weighted by atomic mass is 10.2. The number of thioether (sulfide) groups is 1. The predicted molar refractivity (Wildman–Crippen MR) is 75.9 cm³/mol. The molecule has 0 fully saturated rings. The number of nitrogens with zero attached hydrogens (tertiary/aromatic N) is 1. The van der Waals surface area contributed by atoms with Gasteiger partial charge in [0.1, 0.15) is 5.82 Å². The van der Waals surface area contributed by atoms with E-state index in [1.807, 2.05) is 23.9 Å². The lowest BCUT2D eigenvalue weighted by molar-refractivity contribution is 0.401. The van der Waals surface area contributed by atoms with Crippen molar-refractivity contribution in [2.75, 3.05) is 36.7 Å². The molecule has 0 radical (unpaired) electrons. The van der Waals surface area contributed by atoms with Gasteiger partial charge in [-0.1, -0.05) is 6.42 Å². The highest BCUT2D eigenvalue weighted by Gasteiger charge is 2.01. The van der Waals surface area contributed by atoms with E-state index in [2.05, 4.69) is 16.6 Å². The van der Waals surface area contributed by atoms with Crippen LogP contribution in [0.4, 0.5) is 11.5 Å². The second-order valence-electron chi connectivity index (χ2n) is 3.78. The van der Waals surface area contributed by atoms with E-state index < -0.39 is 0 Å². The van der Waals surface area contributed by atoms with E-state index in [4.69, 9.17) is 10.5 Å². The maximum absolute atomic E-state index is 5.69. The van der Waals surface area contributed by atoms with Crippen LogP contribution in [0.5, 0.6) is 5.88 Å². The van der Waals surface area contributed by atoms with Crippen LogP contribution in [0.2, 0.25) is 0 Å². The summed E-state index contributed by atoms with van der Waals surface area (Å²) in [4.78, 5) is 4.26. The molecule has 1 rings (SSSR count). The molecule has 1 aromatic rings. The third-order valence-electron chi connectivity index (χ3n) is 2.41. The van der Waals surface area contributed by atoms with E-state index in [9.17, 15) is 0 Å². The highest BCUT2D eigenvalue weighted by atomic mass is 32.2. The first-order chi connectivity index (χ1) is 8.27. The summed E-state index contributed by atoms with van der Waals surface area (Å²) in [6.45, 7) is 0.939. The van der Waals surface area contributed by atoms with Gasteiger partial charge in [0.05, 0.1) is 12.8 Å². The summed E-state index contributed by atoms with van der Waals surface area (Å²) in [5.41, 5.74) is 6.26. The van der Waals surface area contributed by atoms with Crippen LogP contribution in [-0.2, 0) is 0 Å². The standard InChI is InChI=1S/C12H21N3OS/c1-16-12-10(13)6-7-11(15-12)14-8-4-3-5-9-17-2/h6-7H,3-5,8-9,13H2,1-2H3,(H,14,15). The first-order valence-electron chi connectivity index (χ1n) is 5.81. The van der Waals surface area contributed by atoms with Crippen LogP contribution in [0.1, 0.15) is 19.3 Å². The van der Waals surface area contributed by atoms with Gasteiger partial charge in [0.2, 0.25) is 5.88 Å². The summed E-state index contributed by atoms with van der Waals surface area (Å²) >= 11 is 1.90. The average Bonchev–Trinajstić information content (AvgIpc) is 2.35. The van der Waals surface area contributed by atoms with Gasteiger partial charge in [0.15, 0.2) is 0 Å². The van der Waals surface area contributed by atoms with Crippen LogP contribution < -0.4 is 15.8 Å². The molecular formula is C12H21N3OS. The summed E-state index contributed by atoms with van der Waals surface area (Å²) in [5.74, 6) is 2.55. The first-order valence-corrected chi connectivity index (χ1v) is 7.20. The van der Waals surface area contributed by atoms with Crippen molar-refractivity contribution in [2.24, 2.45) is 0 Å². The molecule has 0 saturated heterocycles. The lowest BCUT2D eigenvalue weighted by Gasteiger charge is -2.08. The highest BCUT2D eigenvalue weighted by molar-refractivity contribution is 7.98. The minimum absolute atomic E-state index is 0.484. The Morgan fingerprint density at radius 3 is 2.88 bits per heavy atom. The molecule has 0 unspecified atom stereocenters. The van der Waals surface area contributed by atoms with Gasteiger partial charge in [-0.3, -0.25) is 0 Å². The highest BCUT2D eigenvalue weighted by Crippen LogP contribution is 2.20. The number of nitrogen functional groups attached to an aromatic ring is 1. The number of hydrogen-bond acceptors (Lipinski definition) is 5. The van der Waals surface area contributed by atoms with Gasteiger partial charge in [-0.25, -0.2) is 0 Å². The largest absolute Gasteiger partial charge is 0.479 e. The van der Waals surface area contributed by atoms with E-state index in [-0.39, 0.29) is 0 Å². The Morgan fingerprint density at radius 1 is 1.35 bits per heavy atom. The van der Waals surface area contributed by atoms with Crippen molar-refractivity contribution in [3.63, 3.8) is 0 Å². The second-order valence-corrected chi connectivity index (χ2v) is 4.76. The van der Waals surface area contributed by atoms with Crippen LogP contribution in [-0.4, -0.2) is 30.6 Å². The zero-order valence-electron chi connectivity index (χ0n) is 10.5. The molecule has 17 heavy (non-hydrogen) atoms. The molecule has 0 aliphatic heterocycles. The molecule has 0 bridgehead atoms. The third kappa shape index (κ3) is 5.17. The van der Waals surface area contributed by atoms with Crippen LogP contribution in [0.25, 0.3) is 0 Å². The summed E-state index contributed by atoms with van der Waals surface area (Å²) in [7, 11) is 1.57. The number of aromatic nitrogens is 1. The van der Waals surface area contributed by atoms with Gasteiger partial charge in [0.25, 0.3) is 0 Å². The lowest BCUT2D eigenvalue weighted by Crippen LogP contribution is -2.05. The topological polar surface area (TPSA) is 60.2 Å². The number of rotatable bonds is 8.